The normalized spacial score (nSPS) is 12.4. The second-order valence-electron chi connectivity index (χ2n) is 3.89. The molecule has 1 N–H and O–H groups in total. The SMILES string of the molecule is Clc1ccc2c(c1)Nc1c(Cl)cccc1C=C2. The molecular formula is C14H9Cl2N. The van der Waals surface area contributed by atoms with Gasteiger partial charge >= 0.3 is 0 Å². The van der Waals surface area contributed by atoms with Gasteiger partial charge in [-0.3, -0.25) is 0 Å². The van der Waals surface area contributed by atoms with Crippen LogP contribution in [0.1, 0.15) is 11.1 Å². The van der Waals surface area contributed by atoms with Crippen LogP contribution in [0.15, 0.2) is 36.4 Å². The van der Waals surface area contributed by atoms with Gasteiger partial charge in [-0.05, 0) is 29.3 Å². The molecule has 0 aromatic heterocycles. The smallest absolute Gasteiger partial charge is 0.0647 e. The third kappa shape index (κ3) is 1.92. The summed E-state index contributed by atoms with van der Waals surface area (Å²) in [5.74, 6) is 0. The van der Waals surface area contributed by atoms with Crippen LogP contribution in [0.25, 0.3) is 12.2 Å². The first-order valence-electron chi connectivity index (χ1n) is 5.27. The van der Waals surface area contributed by atoms with Gasteiger partial charge in [0.25, 0.3) is 0 Å². The molecule has 1 heterocycles. The van der Waals surface area contributed by atoms with Crippen molar-refractivity contribution in [1.82, 2.24) is 0 Å². The van der Waals surface area contributed by atoms with Crippen molar-refractivity contribution in [1.29, 1.82) is 0 Å². The molecule has 0 spiro atoms. The number of anilines is 2. The zero-order valence-electron chi connectivity index (χ0n) is 8.87. The zero-order valence-corrected chi connectivity index (χ0v) is 10.4. The summed E-state index contributed by atoms with van der Waals surface area (Å²) in [6, 6.07) is 11.6. The second-order valence-corrected chi connectivity index (χ2v) is 4.74. The molecule has 3 rings (SSSR count). The topological polar surface area (TPSA) is 12.0 Å². The van der Waals surface area contributed by atoms with E-state index in [4.69, 9.17) is 23.2 Å². The summed E-state index contributed by atoms with van der Waals surface area (Å²) < 4.78 is 0. The van der Waals surface area contributed by atoms with E-state index in [0.717, 1.165) is 22.5 Å². The van der Waals surface area contributed by atoms with Crippen LogP contribution >= 0.6 is 23.2 Å². The maximum absolute atomic E-state index is 6.19. The molecule has 17 heavy (non-hydrogen) atoms. The summed E-state index contributed by atoms with van der Waals surface area (Å²) in [7, 11) is 0. The molecule has 2 aromatic rings. The molecule has 0 atom stereocenters. The average Bonchev–Trinajstić information content (AvgIpc) is 2.49. The number of benzene rings is 2. The van der Waals surface area contributed by atoms with Crippen LogP contribution in [0.3, 0.4) is 0 Å². The molecule has 0 saturated heterocycles. The van der Waals surface area contributed by atoms with Crippen LogP contribution in [0.4, 0.5) is 11.4 Å². The maximum Gasteiger partial charge on any atom is 0.0647 e. The lowest BCUT2D eigenvalue weighted by Gasteiger charge is -2.11. The van der Waals surface area contributed by atoms with E-state index in [9.17, 15) is 0 Å². The highest BCUT2D eigenvalue weighted by Crippen LogP contribution is 2.35. The Bertz CT molecular complexity index is 618. The predicted octanol–water partition coefficient (Wildman–Crippen LogP) is 5.22. The first-order valence-corrected chi connectivity index (χ1v) is 6.03. The lowest BCUT2D eigenvalue weighted by molar-refractivity contribution is 1.53. The molecule has 1 aliphatic heterocycles. The Kier molecular flexibility index (Phi) is 2.58. The summed E-state index contributed by atoms with van der Waals surface area (Å²) in [4.78, 5) is 0. The van der Waals surface area contributed by atoms with Crippen LogP contribution in [0.2, 0.25) is 10.0 Å². The molecule has 1 aliphatic rings. The van der Waals surface area contributed by atoms with E-state index in [1.54, 1.807) is 0 Å². The number of fused-ring (bicyclic) bond motifs is 2. The minimum atomic E-state index is 0.708. The van der Waals surface area contributed by atoms with Crippen LogP contribution in [-0.4, -0.2) is 0 Å². The zero-order chi connectivity index (χ0) is 11.8. The Hall–Kier alpha value is -1.44. The summed E-state index contributed by atoms with van der Waals surface area (Å²) >= 11 is 12.2. The molecule has 84 valence electrons. The van der Waals surface area contributed by atoms with Crippen molar-refractivity contribution in [2.24, 2.45) is 0 Å². The number of halogens is 2. The van der Waals surface area contributed by atoms with Crippen molar-refractivity contribution in [3.63, 3.8) is 0 Å². The monoisotopic (exact) mass is 261 g/mol. The second kappa shape index (κ2) is 4.10. The third-order valence-electron chi connectivity index (χ3n) is 2.76. The summed E-state index contributed by atoms with van der Waals surface area (Å²) in [5, 5.41) is 4.75. The van der Waals surface area contributed by atoms with Gasteiger partial charge in [-0.2, -0.15) is 0 Å². The Morgan fingerprint density at radius 2 is 1.71 bits per heavy atom. The van der Waals surface area contributed by atoms with E-state index in [2.05, 4.69) is 11.4 Å². The van der Waals surface area contributed by atoms with E-state index in [0.29, 0.717) is 10.0 Å². The first kappa shape index (κ1) is 10.7. The van der Waals surface area contributed by atoms with Gasteiger partial charge in [-0.1, -0.05) is 53.6 Å². The number of hydrogen-bond acceptors (Lipinski definition) is 1. The average molecular weight is 262 g/mol. The Labute approximate surface area is 110 Å². The van der Waals surface area contributed by atoms with Gasteiger partial charge in [0.1, 0.15) is 0 Å². The molecule has 0 saturated carbocycles. The number of nitrogens with one attached hydrogen (secondary N) is 1. The third-order valence-corrected chi connectivity index (χ3v) is 3.31. The minimum absolute atomic E-state index is 0.708. The Morgan fingerprint density at radius 1 is 0.882 bits per heavy atom. The maximum atomic E-state index is 6.19. The van der Waals surface area contributed by atoms with Gasteiger partial charge in [-0.25, -0.2) is 0 Å². The predicted molar refractivity (Wildman–Crippen MR) is 75.1 cm³/mol. The minimum Gasteiger partial charge on any atom is -0.353 e. The van der Waals surface area contributed by atoms with Crippen LogP contribution in [0, 0.1) is 0 Å². The van der Waals surface area contributed by atoms with Crippen LogP contribution in [-0.2, 0) is 0 Å². The number of hydrogen-bond donors (Lipinski definition) is 1. The number of rotatable bonds is 0. The Balaban J connectivity index is 2.21. The van der Waals surface area contributed by atoms with E-state index >= 15 is 0 Å². The largest absolute Gasteiger partial charge is 0.353 e. The van der Waals surface area contributed by atoms with E-state index in [-0.39, 0.29) is 0 Å². The Morgan fingerprint density at radius 3 is 2.59 bits per heavy atom. The standard InChI is InChI=1S/C14H9Cl2N/c15-11-7-6-9-4-5-10-2-1-3-12(16)14(10)17-13(9)8-11/h1-8,17H. The molecule has 0 aliphatic carbocycles. The van der Waals surface area contributed by atoms with E-state index in [1.807, 2.05) is 42.5 Å². The van der Waals surface area contributed by atoms with Crippen molar-refractivity contribution in [2.75, 3.05) is 5.32 Å². The molecule has 0 amide bonds. The summed E-state index contributed by atoms with van der Waals surface area (Å²) in [5.41, 5.74) is 4.07. The van der Waals surface area contributed by atoms with Crippen molar-refractivity contribution in [3.8, 4) is 0 Å². The summed E-state index contributed by atoms with van der Waals surface area (Å²) in [6.07, 6.45) is 4.11. The lowest BCUT2D eigenvalue weighted by Crippen LogP contribution is -1.94. The fourth-order valence-corrected chi connectivity index (χ4v) is 2.31. The number of para-hydroxylation sites is 1. The molecular weight excluding hydrogens is 253 g/mol. The first-order chi connectivity index (χ1) is 8.24. The van der Waals surface area contributed by atoms with Crippen LogP contribution < -0.4 is 5.32 Å². The van der Waals surface area contributed by atoms with Crippen molar-refractivity contribution in [3.05, 3.63) is 57.6 Å². The molecule has 2 aromatic carbocycles. The highest BCUT2D eigenvalue weighted by atomic mass is 35.5. The van der Waals surface area contributed by atoms with Gasteiger partial charge in [-0.15, -0.1) is 0 Å². The van der Waals surface area contributed by atoms with E-state index < -0.39 is 0 Å². The molecule has 3 heteroatoms. The van der Waals surface area contributed by atoms with E-state index in [1.165, 1.54) is 0 Å². The fourth-order valence-electron chi connectivity index (χ4n) is 1.91. The van der Waals surface area contributed by atoms with Crippen molar-refractivity contribution >= 4 is 46.7 Å². The van der Waals surface area contributed by atoms with Crippen molar-refractivity contribution in [2.45, 2.75) is 0 Å². The lowest BCUT2D eigenvalue weighted by atomic mass is 10.1. The molecule has 1 nitrogen and oxygen atoms in total. The molecule has 0 radical (unpaired) electrons. The van der Waals surface area contributed by atoms with Crippen molar-refractivity contribution < 1.29 is 0 Å². The van der Waals surface area contributed by atoms with Gasteiger partial charge in [0.2, 0.25) is 0 Å². The quantitative estimate of drug-likeness (QED) is 0.585. The van der Waals surface area contributed by atoms with Gasteiger partial charge in [0, 0.05) is 10.7 Å². The van der Waals surface area contributed by atoms with Gasteiger partial charge < -0.3 is 5.32 Å². The highest BCUT2D eigenvalue weighted by molar-refractivity contribution is 6.34. The van der Waals surface area contributed by atoms with Gasteiger partial charge in [0.15, 0.2) is 0 Å². The van der Waals surface area contributed by atoms with Crippen LogP contribution in [0.5, 0.6) is 0 Å². The van der Waals surface area contributed by atoms with Gasteiger partial charge in [0.05, 0.1) is 10.7 Å². The fraction of sp³-hybridized carbons (Fsp3) is 0. The summed E-state index contributed by atoms with van der Waals surface area (Å²) in [6.45, 7) is 0. The molecule has 0 fully saturated rings. The molecule has 0 bridgehead atoms. The highest BCUT2D eigenvalue weighted by Gasteiger charge is 2.11. The molecule has 0 unspecified atom stereocenters.